The molecule has 0 saturated carbocycles. The molecule has 0 unspecified atom stereocenters. The third-order valence-corrected chi connectivity index (χ3v) is 6.42. The number of hydrazone groups is 1. The summed E-state index contributed by atoms with van der Waals surface area (Å²) in [7, 11) is 0. The molecule has 10 heteroatoms. The number of carbonyl (C=O) groups is 1. The summed E-state index contributed by atoms with van der Waals surface area (Å²) in [6.07, 6.45) is 1.39. The van der Waals surface area contributed by atoms with Crippen molar-refractivity contribution in [3.8, 4) is 22.8 Å². The second kappa shape index (κ2) is 10.8. The molecule has 0 fully saturated rings. The molecule has 2 N–H and O–H groups in total. The third-order valence-electron chi connectivity index (χ3n) is 4.46. The van der Waals surface area contributed by atoms with E-state index < -0.39 is 0 Å². The van der Waals surface area contributed by atoms with Gasteiger partial charge < -0.3 is 5.11 Å². The van der Waals surface area contributed by atoms with Gasteiger partial charge in [0, 0.05) is 25.8 Å². The number of hydrogen-bond donors (Lipinski definition) is 2. The van der Waals surface area contributed by atoms with Crippen LogP contribution < -0.4 is 5.43 Å². The van der Waals surface area contributed by atoms with Crippen LogP contribution in [0.25, 0.3) is 17.1 Å². The third kappa shape index (κ3) is 5.89. The second-order valence-electron chi connectivity index (χ2n) is 6.77. The van der Waals surface area contributed by atoms with Gasteiger partial charge >= 0.3 is 0 Å². The Bertz CT molecular complexity index is 1290. The quantitative estimate of drug-likeness (QED) is 0.172. The van der Waals surface area contributed by atoms with Gasteiger partial charge in [0.1, 0.15) is 5.75 Å². The molecule has 7 nitrogen and oxygen atoms in total. The summed E-state index contributed by atoms with van der Waals surface area (Å²) in [4.78, 5) is 12.3. The van der Waals surface area contributed by atoms with E-state index in [-0.39, 0.29) is 17.4 Å². The lowest BCUT2D eigenvalue weighted by Gasteiger charge is -2.10. The van der Waals surface area contributed by atoms with E-state index in [0.717, 1.165) is 20.2 Å². The number of halogens is 2. The van der Waals surface area contributed by atoms with Crippen LogP contribution >= 0.6 is 43.6 Å². The smallest absolute Gasteiger partial charge is 0.250 e. The number of amides is 1. The summed E-state index contributed by atoms with van der Waals surface area (Å²) in [6.45, 7) is 0. The fourth-order valence-corrected chi connectivity index (χ4v) is 4.31. The van der Waals surface area contributed by atoms with E-state index in [4.69, 9.17) is 0 Å². The Morgan fingerprint density at radius 1 is 1.03 bits per heavy atom. The normalized spacial score (nSPS) is 11.1. The van der Waals surface area contributed by atoms with Crippen molar-refractivity contribution in [2.75, 3.05) is 5.75 Å². The van der Waals surface area contributed by atoms with Crippen LogP contribution in [0.4, 0.5) is 0 Å². The molecule has 0 bridgehead atoms. The van der Waals surface area contributed by atoms with Crippen LogP contribution in [-0.4, -0.2) is 37.7 Å². The van der Waals surface area contributed by atoms with Crippen LogP contribution in [0.5, 0.6) is 5.75 Å². The fraction of sp³-hybridized carbons (Fsp3) is 0.0435. The largest absolute Gasteiger partial charge is 0.507 e. The van der Waals surface area contributed by atoms with Crippen LogP contribution in [0.15, 0.2) is 92.0 Å². The van der Waals surface area contributed by atoms with E-state index in [2.05, 4.69) is 52.6 Å². The number of nitrogens with zero attached hydrogens (tertiary/aromatic N) is 4. The number of aromatic hydroxyl groups is 1. The topological polar surface area (TPSA) is 92.4 Å². The molecular formula is C23H17Br2N5O2S. The Labute approximate surface area is 211 Å². The van der Waals surface area contributed by atoms with Gasteiger partial charge in [0.25, 0.3) is 5.91 Å². The number of phenolic OH excluding ortho intramolecular Hbond substituents is 1. The maximum atomic E-state index is 12.3. The lowest BCUT2D eigenvalue weighted by molar-refractivity contribution is -0.118. The minimum absolute atomic E-state index is 0.0709. The molecule has 0 saturated heterocycles. The fourth-order valence-electron chi connectivity index (χ4n) is 2.93. The summed E-state index contributed by atoms with van der Waals surface area (Å²) in [5, 5.41) is 23.1. The number of phenols is 1. The number of nitrogens with one attached hydrogen (secondary N) is 1. The highest BCUT2D eigenvalue weighted by atomic mass is 79.9. The van der Waals surface area contributed by atoms with Crippen molar-refractivity contribution in [1.29, 1.82) is 0 Å². The summed E-state index contributed by atoms with van der Waals surface area (Å²) in [5.74, 6) is 0.536. The summed E-state index contributed by atoms with van der Waals surface area (Å²) in [5.41, 5.74) is 4.76. The minimum Gasteiger partial charge on any atom is -0.507 e. The van der Waals surface area contributed by atoms with Gasteiger partial charge in [0.2, 0.25) is 0 Å². The molecule has 0 aliphatic rings. The number of rotatable bonds is 7. The first-order chi connectivity index (χ1) is 16.0. The standard InChI is InChI=1S/C23H17Br2N5O2S/c24-17-6-9-19(10-7-17)30-22(15-4-2-1-3-5-15)28-29-23(30)33-14-21(32)27-26-13-16-12-18(25)8-11-20(16)31/h1-13,31H,14H2,(H,27,32). The maximum Gasteiger partial charge on any atom is 0.250 e. The summed E-state index contributed by atoms with van der Waals surface area (Å²) in [6, 6.07) is 22.5. The van der Waals surface area contributed by atoms with E-state index in [9.17, 15) is 9.90 Å². The first kappa shape index (κ1) is 23.2. The average Bonchev–Trinajstić information content (AvgIpc) is 3.25. The van der Waals surface area contributed by atoms with E-state index in [1.54, 1.807) is 18.2 Å². The van der Waals surface area contributed by atoms with Crippen molar-refractivity contribution in [2.24, 2.45) is 5.10 Å². The number of hydrogen-bond acceptors (Lipinski definition) is 6. The molecular weight excluding hydrogens is 570 g/mol. The summed E-state index contributed by atoms with van der Waals surface area (Å²) >= 11 is 8.05. The molecule has 4 aromatic rings. The highest BCUT2D eigenvalue weighted by Gasteiger charge is 2.17. The van der Waals surface area contributed by atoms with Crippen LogP contribution in [-0.2, 0) is 4.79 Å². The zero-order valence-electron chi connectivity index (χ0n) is 17.0. The lowest BCUT2D eigenvalue weighted by Crippen LogP contribution is -2.20. The monoisotopic (exact) mass is 585 g/mol. The molecule has 0 aliphatic carbocycles. The number of carbonyl (C=O) groups excluding carboxylic acids is 1. The molecule has 0 spiro atoms. The molecule has 4 rings (SSSR count). The Hall–Kier alpha value is -2.95. The molecule has 33 heavy (non-hydrogen) atoms. The molecule has 166 valence electrons. The Balaban J connectivity index is 1.50. The van der Waals surface area contributed by atoms with E-state index in [1.165, 1.54) is 18.0 Å². The number of benzene rings is 3. The lowest BCUT2D eigenvalue weighted by atomic mass is 10.2. The molecule has 0 aliphatic heterocycles. The second-order valence-corrected chi connectivity index (χ2v) is 9.54. The zero-order chi connectivity index (χ0) is 23.2. The van der Waals surface area contributed by atoms with Gasteiger partial charge in [-0.25, -0.2) is 5.43 Å². The molecule has 1 heterocycles. The Morgan fingerprint density at radius 3 is 2.52 bits per heavy atom. The van der Waals surface area contributed by atoms with Gasteiger partial charge in [-0.15, -0.1) is 10.2 Å². The van der Waals surface area contributed by atoms with Crippen molar-refractivity contribution in [2.45, 2.75) is 5.16 Å². The molecule has 3 aromatic carbocycles. The van der Waals surface area contributed by atoms with Gasteiger partial charge in [-0.2, -0.15) is 5.10 Å². The van der Waals surface area contributed by atoms with Crippen LogP contribution in [0.3, 0.4) is 0 Å². The van der Waals surface area contributed by atoms with E-state index in [0.29, 0.717) is 16.5 Å². The average molecular weight is 587 g/mol. The highest BCUT2D eigenvalue weighted by molar-refractivity contribution is 9.10. The van der Waals surface area contributed by atoms with Crippen molar-refractivity contribution >= 4 is 55.7 Å². The Morgan fingerprint density at radius 2 is 1.76 bits per heavy atom. The van der Waals surface area contributed by atoms with E-state index in [1.807, 2.05) is 59.2 Å². The van der Waals surface area contributed by atoms with E-state index >= 15 is 0 Å². The minimum atomic E-state index is -0.308. The SMILES string of the molecule is O=C(CSc1nnc(-c2ccccc2)n1-c1ccc(Br)cc1)NN=Cc1cc(Br)ccc1O. The number of thioether (sulfide) groups is 1. The van der Waals surface area contributed by atoms with Crippen molar-refractivity contribution in [1.82, 2.24) is 20.2 Å². The molecule has 0 radical (unpaired) electrons. The van der Waals surface area contributed by atoms with Gasteiger partial charge in [-0.05, 0) is 42.5 Å². The molecule has 1 amide bonds. The maximum absolute atomic E-state index is 12.3. The predicted molar refractivity (Wildman–Crippen MR) is 137 cm³/mol. The first-order valence-corrected chi connectivity index (χ1v) is 12.3. The van der Waals surface area contributed by atoms with Gasteiger partial charge in [-0.3, -0.25) is 9.36 Å². The zero-order valence-corrected chi connectivity index (χ0v) is 21.0. The van der Waals surface area contributed by atoms with Crippen molar-refractivity contribution in [3.63, 3.8) is 0 Å². The van der Waals surface area contributed by atoms with Crippen LogP contribution in [0.1, 0.15) is 5.56 Å². The van der Waals surface area contributed by atoms with Crippen molar-refractivity contribution < 1.29 is 9.90 Å². The highest BCUT2D eigenvalue weighted by Crippen LogP contribution is 2.28. The predicted octanol–water partition coefficient (Wildman–Crippen LogP) is 5.41. The molecule has 0 atom stereocenters. The summed E-state index contributed by atoms with van der Waals surface area (Å²) < 4.78 is 3.68. The van der Waals surface area contributed by atoms with Crippen molar-refractivity contribution in [3.05, 3.63) is 87.3 Å². The van der Waals surface area contributed by atoms with Gasteiger partial charge in [0.05, 0.1) is 12.0 Å². The molecule has 1 aromatic heterocycles. The van der Waals surface area contributed by atoms with Gasteiger partial charge in [0.15, 0.2) is 11.0 Å². The van der Waals surface area contributed by atoms with Crippen LogP contribution in [0, 0.1) is 0 Å². The first-order valence-electron chi connectivity index (χ1n) is 9.71. The number of aromatic nitrogens is 3. The van der Waals surface area contributed by atoms with Crippen LogP contribution in [0.2, 0.25) is 0 Å². The Kier molecular flexibility index (Phi) is 7.58. The van der Waals surface area contributed by atoms with Gasteiger partial charge in [-0.1, -0.05) is 74.0 Å².